The molecule has 0 aliphatic heterocycles. The average Bonchev–Trinajstić information content (AvgIpc) is 2.60. The quantitative estimate of drug-likeness (QED) is 0.754. The fourth-order valence-corrected chi connectivity index (χ4v) is 2.01. The minimum atomic E-state index is -1.27. The summed E-state index contributed by atoms with van der Waals surface area (Å²) in [6, 6.07) is 11.2. The Hall–Kier alpha value is -2.44. The van der Waals surface area contributed by atoms with Crippen LogP contribution < -0.4 is 4.74 Å². The molecule has 0 saturated carbocycles. The van der Waals surface area contributed by atoms with E-state index in [1.54, 1.807) is 6.07 Å². The maximum Gasteiger partial charge on any atom is 0.308 e. The summed E-state index contributed by atoms with van der Waals surface area (Å²) >= 11 is 0. The highest BCUT2D eigenvalue weighted by atomic mass is 16.5. The molecule has 1 aromatic carbocycles. The minimum Gasteiger partial charge on any atom is -0.487 e. The number of nitrogens with zero attached hydrogens (tertiary/aromatic N) is 1. The molecule has 0 aliphatic carbocycles. The van der Waals surface area contributed by atoms with Crippen LogP contribution in [0.2, 0.25) is 0 Å². The number of rotatable bonds is 7. The second-order valence-corrected chi connectivity index (χ2v) is 5.02. The molecule has 0 spiro atoms. The van der Waals surface area contributed by atoms with E-state index in [4.69, 9.17) is 4.74 Å². The number of ether oxygens (including phenoxy) is 2. The summed E-state index contributed by atoms with van der Waals surface area (Å²) in [5.41, 5.74) is 1.37. The zero-order chi connectivity index (χ0) is 16.7. The summed E-state index contributed by atoms with van der Waals surface area (Å²) in [7, 11) is 1.22. The Morgan fingerprint density at radius 2 is 1.96 bits per heavy atom. The summed E-state index contributed by atoms with van der Waals surface area (Å²) in [4.78, 5) is 15.1. The molecule has 0 bridgehead atoms. The van der Waals surface area contributed by atoms with Gasteiger partial charge in [-0.2, -0.15) is 0 Å². The van der Waals surface area contributed by atoms with E-state index in [0.717, 1.165) is 5.56 Å². The van der Waals surface area contributed by atoms with Crippen molar-refractivity contribution in [2.45, 2.75) is 25.2 Å². The fraction of sp³-hybridized carbons (Fsp3) is 0.294. The molecule has 0 aliphatic rings. The van der Waals surface area contributed by atoms with Crippen LogP contribution in [0.15, 0.2) is 48.8 Å². The third kappa shape index (κ3) is 5.05. The van der Waals surface area contributed by atoms with E-state index >= 15 is 0 Å². The second kappa shape index (κ2) is 8.26. The Morgan fingerprint density at radius 1 is 1.22 bits per heavy atom. The Labute approximate surface area is 134 Å². The van der Waals surface area contributed by atoms with Crippen molar-refractivity contribution < 1.29 is 24.5 Å². The predicted molar refractivity (Wildman–Crippen MR) is 82.6 cm³/mol. The number of benzene rings is 1. The van der Waals surface area contributed by atoms with Crippen LogP contribution in [0.1, 0.15) is 23.7 Å². The molecule has 1 aromatic heterocycles. The molecule has 2 N–H and O–H groups in total. The lowest BCUT2D eigenvalue weighted by Crippen LogP contribution is -2.22. The summed E-state index contributed by atoms with van der Waals surface area (Å²) in [6.45, 7) is 0.368. The van der Waals surface area contributed by atoms with Gasteiger partial charge in [0.1, 0.15) is 18.5 Å². The lowest BCUT2D eigenvalue weighted by molar-refractivity contribution is -0.144. The molecule has 0 amide bonds. The molecule has 122 valence electrons. The molecular formula is C17H19NO5. The van der Waals surface area contributed by atoms with Gasteiger partial charge in [0.05, 0.1) is 25.8 Å². The van der Waals surface area contributed by atoms with Crippen molar-refractivity contribution in [3.8, 4) is 5.75 Å². The number of aromatic nitrogens is 1. The van der Waals surface area contributed by atoms with Crippen molar-refractivity contribution in [1.29, 1.82) is 0 Å². The van der Waals surface area contributed by atoms with Crippen LogP contribution >= 0.6 is 0 Å². The van der Waals surface area contributed by atoms with Gasteiger partial charge in [0.15, 0.2) is 0 Å². The SMILES string of the molecule is COC(=O)CC(O)C(O)c1cncc(OCc2ccccc2)c1. The van der Waals surface area contributed by atoms with Gasteiger partial charge in [-0.05, 0) is 11.6 Å². The van der Waals surface area contributed by atoms with Gasteiger partial charge in [0.25, 0.3) is 0 Å². The summed E-state index contributed by atoms with van der Waals surface area (Å²) in [5.74, 6) is -0.128. The maximum atomic E-state index is 11.2. The number of aliphatic hydroxyl groups is 2. The first-order chi connectivity index (χ1) is 11.1. The van der Waals surface area contributed by atoms with Crippen LogP contribution in [-0.2, 0) is 16.1 Å². The molecule has 2 rings (SSSR count). The summed E-state index contributed by atoms with van der Waals surface area (Å²) in [6.07, 6.45) is 0.120. The van der Waals surface area contributed by atoms with Crippen molar-refractivity contribution >= 4 is 5.97 Å². The van der Waals surface area contributed by atoms with Crippen molar-refractivity contribution in [2.24, 2.45) is 0 Å². The molecule has 1 heterocycles. The van der Waals surface area contributed by atoms with Crippen molar-refractivity contribution in [1.82, 2.24) is 4.98 Å². The number of esters is 1. The monoisotopic (exact) mass is 317 g/mol. The maximum absolute atomic E-state index is 11.2. The number of carbonyl (C=O) groups excluding carboxylic acids is 1. The van der Waals surface area contributed by atoms with Gasteiger partial charge in [0.2, 0.25) is 0 Å². The summed E-state index contributed by atoms with van der Waals surface area (Å²) in [5, 5.41) is 19.9. The first-order valence-corrected chi connectivity index (χ1v) is 7.14. The van der Waals surface area contributed by atoms with Gasteiger partial charge in [-0.1, -0.05) is 30.3 Å². The van der Waals surface area contributed by atoms with Crippen LogP contribution in [0, 0.1) is 0 Å². The highest BCUT2D eigenvalue weighted by Gasteiger charge is 2.22. The van der Waals surface area contributed by atoms with Crippen LogP contribution in [0.4, 0.5) is 0 Å². The first kappa shape index (κ1) is 16.9. The number of pyridine rings is 1. The number of hydrogen-bond acceptors (Lipinski definition) is 6. The summed E-state index contributed by atoms with van der Waals surface area (Å²) < 4.78 is 10.1. The van der Waals surface area contributed by atoms with E-state index in [2.05, 4.69) is 9.72 Å². The molecule has 6 heteroatoms. The topological polar surface area (TPSA) is 88.9 Å². The zero-order valence-corrected chi connectivity index (χ0v) is 12.8. The van der Waals surface area contributed by atoms with E-state index in [-0.39, 0.29) is 6.42 Å². The highest BCUT2D eigenvalue weighted by molar-refractivity contribution is 5.69. The lowest BCUT2D eigenvalue weighted by atomic mass is 10.0. The van der Waals surface area contributed by atoms with Gasteiger partial charge >= 0.3 is 5.97 Å². The highest BCUT2D eigenvalue weighted by Crippen LogP contribution is 2.22. The largest absolute Gasteiger partial charge is 0.487 e. The first-order valence-electron chi connectivity index (χ1n) is 7.14. The normalized spacial score (nSPS) is 13.2. The Kier molecular flexibility index (Phi) is 6.08. The molecule has 2 aromatic rings. The van der Waals surface area contributed by atoms with Crippen LogP contribution in [0.25, 0.3) is 0 Å². The third-order valence-electron chi connectivity index (χ3n) is 3.29. The minimum absolute atomic E-state index is 0.299. The van der Waals surface area contributed by atoms with E-state index in [9.17, 15) is 15.0 Å². The standard InChI is InChI=1S/C17H19NO5/c1-22-16(20)8-15(19)17(21)13-7-14(10-18-9-13)23-11-12-5-3-2-4-6-12/h2-7,9-10,15,17,19,21H,8,11H2,1H3. The van der Waals surface area contributed by atoms with Gasteiger partial charge in [-0.3, -0.25) is 9.78 Å². The Bertz CT molecular complexity index is 632. The van der Waals surface area contributed by atoms with Crippen LogP contribution in [0.5, 0.6) is 5.75 Å². The molecule has 6 nitrogen and oxygen atoms in total. The van der Waals surface area contributed by atoms with Gasteiger partial charge in [-0.15, -0.1) is 0 Å². The molecular weight excluding hydrogens is 298 g/mol. The van der Waals surface area contributed by atoms with E-state index in [1.165, 1.54) is 19.5 Å². The van der Waals surface area contributed by atoms with Crippen molar-refractivity contribution in [3.63, 3.8) is 0 Å². The Morgan fingerprint density at radius 3 is 2.65 bits per heavy atom. The number of aliphatic hydroxyl groups excluding tert-OH is 2. The zero-order valence-electron chi connectivity index (χ0n) is 12.8. The molecule has 2 atom stereocenters. The van der Waals surface area contributed by atoms with Gasteiger partial charge in [-0.25, -0.2) is 0 Å². The van der Waals surface area contributed by atoms with E-state index in [1.807, 2.05) is 30.3 Å². The van der Waals surface area contributed by atoms with E-state index < -0.39 is 18.2 Å². The average molecular weight is 317 g/mol. The smallest absolute Gasteiger partial charge is 0.308 e. The fourth-order valence-electron chi connectivity index (χ4n) is 2.01. The predicted octanol–water partition coefficient (Wildman–Crippen LogP) is 1.62. The molecule has 0 radical (unpaired) electrons. The van der Waals surface area contributed by atoms with Crippen LogP contribution in [-0.4, -0.2) is 34.4 Å². The number of carbonyl (C=O) groups is 1. The molecule has 2 unspecified atom stereocenters. The molecule has 0 saturated heterocycles. The van der Waals surface area contributed by atoms with E-state index in [0.29, 0.717) is 17.9 Å². The van der Waals surface area contributed by atoms with Gasteiger partial charge in [0, 0.05) is 11.8 Å². The van der Waals surface area contributed by atoms with Crippen molar-refractivity contribution in [2.75, 3.05) is 7.11 Å². The van der Waals surface area contributed by atoms with Crippen LogP contribution in [0.3, 0.4) is 0 Å². The third-order valence-corrected chi connectivity index (χ3v) is 3.29. The Balaban J connectivity index is 1.99. The molecule has 23 heavy (non-hydrogen) atoms. The number of methoxy groups -OCH3 is 1. The van der Waals surface area contributed by atoms with Crippen molar-refractivity contribution in [3.05, 3.63) is 59.9 Å². The molecule has 0 fully saturated rings. The second-order valence-electron chi connectivity index (χ2n) is 5.02. The lowest BCUT2D eigenvalue weighted by Gasteiger charge is -2.17. The van der Waals surface area contributed by atoms with Gasteiger partial charge < -0.3 is 19.7 Å². The number of hydrogen-bond donors (Lipinski definition) is 2.